The van der Waals surface area contributed by atoms with Gasteiger partial charge in [0, 0.05) is 0 Å². The van der Waals surface area contributed by atoms with E-state index >= 15 is 0 Å². The monoisotopic (exact) mass is 290 g/mol. The van der Waals surface area contributed by atoms with Gasteiger partial charge in [-0.05, 0) is 30.5 Å². The number of hydrogen-bond donors (Lipinski definition) is 2. The Hall–Kier alpha value is -1.34. The van der Waals surface area contributed by atoms with E-state index in [0.717, 1.165) is 18.2 Å². The molecule has 0 radical (unpaired) electrons. The average Bonchev–Trinajstić information content (AvgIpc) is 2.31. The first-order chi connectivity index (χ1) is 8.81. The molecule has 0 aromatic heterocycles. The lowest BCUT2D eigenvalue weighted by atomic mass is 10.0. The third-order valence-electron chi connectivity index (χ3n) is 2.35. The number of carbonyl (C=O) groups excluding carboxylic acids is 1. The maximum atomic E-state index is 13.3. The molecule has 0 heterocycles. The van der Waals surface area contributed by atoms with Gasteiger partial charge in [0.1, 0.15) is 11.6 Å². The average molecular weight is 290 g/mol. The van der Waals surface area contributed by atoms with Crippen LogP contribution in [0.25, 0.3) is 0 Å². The van der Waals surface area contributed by atoms with Crippen molar-refractivity contribution in [2.45, 2.75) is 31.2 Å². The van der Waals surface area contributed by atoms with Crippen LogP contribution >= 0.6 is 0 Å². The highest BCUT2D eigenvalue weighted by Crippen LogP contribution is 2.12. The molecule has 0 aliphatic rings. The molecular weight excluding hydrogens is 274 g/mol. The van der Waals surface area contributed by atoms with Gasteiger partial charge in [-0.25, -0.2) is 13.0 Å². The van der Waals surface area contributed by atoms with E-state index in [1.807, 2.05) is 13.8 Å². The van der Waals surface area contributed by atoms with Crippen LogP contribution < -0.4 is 5.73 Å². The molecule has 0 spiro atoms. The van der Waals surface area contributed by atoms with Crippen molar-refractivity contribution >= 4 is 16.5 Å². The minimum absolute atomic E-state index is 0.179. The highest BCUT2D eigenvalue weighted by molar-refractivity contribution is 7.75. The van der Waals surface area contributed by atoms with Crippen molar-refractivity contribution in [1.29, 1.82) is 0 Å². The number of benzene rings is 1. The van der Waals surface area contributed by atoms with E-state index in [0.29, 0.717) is 6.42 Å². The van der Waals surface area contributed by atoms with Crippen molar-refractivity contribution in [2.75, 3.05) is 0 Å². The molecule has 0 saturated carbocycles. The zero-order valence-corrected chi connectivity index (χ0v) is 11.5. The van der Waals surface area contributed by atoms with Gasteiger partial charge in [-0.2, -0.15) is 4.36 Å². The first-order valence-corrected chi connectivity index (χ1v) is 6.96. The number of carbonyl (C=O) groups is 1. The molecule has 2 atom stereocenters. The molecular formula is C12H16F2N2O2S. The molecule has 1 aromatic carbocycles. The number of halogens is 2. The smallest absolute Gasteiger partial charge is 0.270 e. The molecule has 0 saturated heterocycles. The largest absolute Gasteiger partial charge is 0.320 e. The summed E-state index contributed by atoms with van der Waals surface area (Å²) in [4.78, 5) is 11.1. The maximum absolute atomic E-state index is 13.3. The van der Waals surface area contributed by atoms with Crippen LogP contribution in [0.1, 0.15) is 20.3 Å². The minimum atomic E-state index is -2.68. The third kappa shape index (κ3) is 4.68. The maximum Gasteiger partial charge on any atom is 0.270 e. The van der Waals surface area contributed by atoms with Crippen LogP contribution in [0.2, 0.25) is 0 Å². The summed E-state index contributed by atoms with van der Waals surface area (Å²) in [7, 11) is -2.68. The Kier molecular flexibility index (Phi) is 5.56. The van der Waals surface area contributed by atoms with Crippen molar-refractivity contribution in [2.24, 2.45) is 16.0 Å². The molecule has 7 heteroatoms. The van der Waals surface area contributed by atoms with Crippen molar-refractivity contribution in [3.63, 3.8) is 0 Å². The van der Waals surface area contributed by atoms with Crippen LogP contribution in [-0.2, 0) is 15.4 Å². The second-order valence-electron chi connectivity index (χ2n) is 4.54. The standard InChI is InChI=1S/C12H16F2N2O2S/c1-7(2)5-10(15)12(17)16-19(18)11-6-8(13)3-4-9(11)14/h3-4,6-7,10,19H,5,15H2,1-2H3/t10-/m0/s1. The van der Waals surface area contributed by atoms with Gasteiger partial charge in [0.2, 0.25) is 0 Å². The third-order valence-corrected chi connectivity index (χ3v) is 3.48. The summed E-state index contributed by atoms with van der Waals surface area (Å²) in [5.41, 5.74) is 5.57. The van der Waals surface area contributed by atoms with Crippen LogP contribution in [0.15, 0.2) is 27.5 Å². The quantitative estimate of drug-likeness (QED) is 0.832. The topological polar surface area (TPSA) is 72.5 Å². The molecule has 106 valence electrons. The SMILES string of the molecule is CC(C)C[C@H](N)C(=O)/N=[SH](=O)/c1cc(F)ccc1F. The predicted octanol–water partition coefficient (Wildman–Crippen LogP) is 1.89. The molecule has 1 amide bonds. The van der Waals surface area contributed by atoms with Crippen molar-refractivity contribution in [1.82, 2.24) is 0 Å². The highest BCUT2D eigenvalue weighted by atomic mass is 32.2. The summed E-state index contributed by atoms with van der Waals surface area (Å²) in [5, 5.41) is 0. The van der Waals surface area contributed by atoms with Gasteiger partial charge in [-0.15, -0.1) is 0 Å². The number of thiol groups is 1. The molecule has 1 unspecified atom stereocenters. The van der Waals surface area contributed by atoms with Crippen LogP contribution in [0.3, 0.4) is 0 Å². The van der Waals surface area contributed by atoms with Gasteiger partial charge in [0.25, 0.3) is 5.91 Å². The van der Waals surface area contributed by atoms with Gasteiger partial charge in [-0.3, -0.25) is 4.79 Å². The molecule has 1 aromatic rings. The molecule has 4 nitrogen and oxygen atoms in total. The zero-order valence-electron chi connectivity index (χ0n) is 10.6. The summed E-state index contributed by atoms with van der Waals surface area (Å²) < 4.78 is 41.3. The van der Waals surface area contributed by atoms with E-state index in [2.05, 4.69) is 4.36 Å². The molecule has 0 aliphatic carbocycles. The van der Waals surface area contributed by atoms with Crippen molar-refractivity contribution in [3.05, 3.63) is 29.8 Å². The zero-order chi connectivity index (χ0) is 14.6. The van der Waals surface area contributed by atoms with Crippen LogP contribution in [0, 0.1) is 17.6 Å². The molecule has 0 bridgehead atoms. The van der Waals surface area contributed by atoms with E-state index in [1.165, 1.54) is 0 Å². The summed E-state index contributed by atoms with van der Waals surface area (Å²) in [6.45, 7) is 3.75. The van der Waals surface area contributed by atoms with Gasteiger partial charge in [0.15, 0.2) is 0 Å². The number of rotatable bonds is 4. The van der Waals surface area contributed by atoms with Crippen molar-refractivity contribution in [3.8, 4) is 0 Å². The van der Waals surface area contributed by atoms with Gasteiger partial charge >= 0.3 is 0 Å². The molecule has 1 rings (SSSR count). The van der Waals surface area contributed by atoms with Crippen molar-refractivity contribution < 1.29 is 17.8 Å². The Morgan fingerprint density at radius 1 is 1.42 bits per heavy atom. The van der Waals surface area contributed by atoms with Crippen LogP contribution in [-0.4, -0.2) is 16.2 Å². The Balaban J connectivity index is 2.96. The van der Waals surface area contributed by atoms with E-state index in [-0.39, 0.29) is 5.92 Å². The number of hydrogen-bond acceptors (Lipinski definition) is 3. The van der Waals surface area contributed by atoms with Gasteiger partial charge in [0.05, 0.1) is 21.5 Å². The number of amides is 1. The summed E-state index contributed by atoms with van der Waals surface area (Å²) in [6.07, 6.45) is 0.386. The Labute approximate surface area is 112 Å². The number of nitrogens with zero attached hydrogens (tertiary/aromatic N) is 1. The summed E-state index contributed by atoms with van der Waals surface area (Å²) >= 11 is 0. The van der Waals surface area contributed by atoms with E-state index < -0.39 is 39.1 Å². The summed E-state index contributed by atoms with van der Waals surface area (Å²) in [5.74, 6) is -2.19. The Morgan fingerprint density at radius 3 is 2.63 bits per heavy atom. The lowest BCUT2D eigenvalue weighted by molar-refractivity contribution is -0.119. The molecule has 0 fully saturated rings. The fourth-order valence-electron chi connectivity index (χ4n) is 1.46. The molecule has 0 aliphatic heterocycles. The first-order valence-electron chi connectivity index (χ1n) is 5.74. The second-order valence-corrected chi connectivity index (χ2v) is 5.77. The van der Waals surface area contributed by atoms with E-state index in [9.17, 15) is 17.8 Å². The fraction of sp³-hybridized carbons (Fsp3) is 0.417. The Morgan fingerprint density at radius 2 is 2.05 bits per heavy atom. The van der Waals surface area contributed by atoms with Crippen LogP contribution in [0.4, 0.5) is 8.78 Å². The fourth-order valence-corrected chi connectivity index (χ4v) is 2.38. The Bertz CT molecular complexity index is 555. The number of nitrogens with two attached hydrogens (primary N) is 1. The molecule has 2 N–H and O–H groups in total. The van der Waals surface area contributed by atoms with Gasteiger partial charge in [-0.1, -0.05) is 13.8 Å². The van der Waals surface area contributed by atoms with Gasteiger partial charge < -0.3 is 5.73 Å². The lowest BCUT2D eigenvalue weighted by Crippen LogP contribution is -2.30. The van der Waals surface area contributed by atoms with E-state index in [4.69, 9.17) is 5.73 Å². The molecule has 19 heavy (non-hydrogen) atoms. The van der Waals surface area contributed by atoms with E-state index in [1.54, 1.807) is 0 Å². The van der Waals surface area contributed by atoms with Crippen LogP contribution in [0.5, 0.6) is 0 Å². The second kappa shape index (κ2) is 6.72. The summed E-state index contributed by atoms with van der Waals surface area (Å²) in [6, 6.07) is 1.62. The highest BCUT2D eigenvalue weighted by Gasteiger charge is 2.15. The first kappa shape index (κ1) is 15.7. The lowest BCUT2D eigenvalue weighted by Gasteiger charge is -2.09. The normalized spacial score (nSPS) is 14.6. The minimum Gasteiger partial charge on any atom is -0.320 e. The predicted molar refractivity (Wildman–Crippen MR) is 69.0 cm³/mol.